The van der Waals surface area contributed by atoms with Crippen LogP contribution in [0, 0.1) is 23.3 Å². The van der Waals surface area contributed by atoms with Crippen LogP contribution in [0.2, 0.25) is 0 Å². The number of hydrogen-bond acceptors (Lipinski definition) is 25. The first-order valence-corrected chi connectivity index (χ1v) is 32.6. The van der Waals surface area contributed by atoms with Crippen molar-refractivity contribution in [2.45, 2.75) is 127 Å². The summed E-state index contributed by atoms with van der Waals surface area (Å²) in [5, 5.41) is 54.6. The van der Waals surface area contributed by atoms with Gasteiger partial charge in [0.1, 0.15) is 95.1 Å². The lowest BCUT2D eigenvalue weighted by Gasteiger charge is -2.15. The summed E-state index contributed by atoms with van der Waals surface area (Å²) in [5.74, 6) is 8.63. The van der Waals surface area contributed by atoms with E-state index < -0.39 is 23.5 Å². The molecule has 4 unspecified atom stereocenters. The summed E-state index contributed by atoms with van der Waals surface area (Å²) in [6.07, 6.45) is 21.9. The summed E-state index contributed by atoms with van der Waals surface area (Å²) < 4.78 is 52.7. The second-order valence-corrected chi connectivity index (χ2v) is 24.5. The smallest absolute Gasteiger partial charge is 0.159 e. The van der Waals surface area contributed by atoms with Crippen LogP contribution >= 0.6 is 0 Å². The molecule has 0 amide bonds. The minimum atomic E-state index is -0.712. The molecule has 0 aromatic carbocycles. The number of rotatable bonds is 24. The van der Waals surface area contributed by atoms with Crippen molar-refractivity contribution in [1.82, 2.24) is 106 Å². The molecule has 4 saturated carbocycles. The first-order valence-electron chi connectivity index (χ1n) is 32.6. The SMILES string of the molecule is CC(Nc1cc(Nc2cc(C3CC3)[nH]n2)ncn1)c1ccc(F)cn1.CC(Nc1cc(Nc2cc(C3CC3)[nH]n2)ncn1)c1ccccn1.CC(Nc1cc(Nc2cc(C3CC3)[nH]n2)ncn1)c1ncc(F)cc1F.CC(Nc1cc(Nc2cc(C3CC3)[nH]n2)ncn1)c1ncc(F)cn1. The molecule has 29 nitrogen and oxygen atoms in total. The van der Waals surface area contributed by atoms with Crippen LogP contribution in [-0.2, 0) is 0 Å². The van der Waals surface area contributed by atoms with Crippen LogP contribution in [0.3, 0.4) is 0 Å². The maximum absolute atomic E-state index is 13.8. The standard InChI is InChI=1S/C17H17F2N7.C17H18FN7.C17H19N7.C16H17FN8/c1-9(17-12(19)4-11(18)7-20-17)23-14-6-15(22-8-21-14)24-16-5-13(25-26-16)10-2-3-10;1-10(13-5-4-12(18)8-19-13)22-15-7-16(21-9-20-15)23-17-6-14(24-25-17)11-2-3-11;1-11(13-4-2-3-7-18-13)21-15-9-16(20-10-19-15)22-17-8-14(23-24-17)12-5-6-12;1-9(16-18-6-11(17)7-19-16)22-13-5-14(21-8-20-13)23-15-4-12(24-25-15)10-2-3-10/h4-10H,2-3H2,1H3,(H3,21,22,23,24,25,26);4-11H,2-3H2,1H3,(H3,20,21,22,23,24,25);2-4,7-12H,5-6H2,1H3,(H3,19,20,21,22,23,24);4-10H,2-3H2,1H3,(H3,20,21,22,23,24,25). The van der Waals surface area contributed by atoms with E-state index in [4.69, 9.17) is 0 Å². The molecule has 0 radical (unpaired) electrons. The molecule has 33 heteroatoms. The number of nitrogens with one attached hydrogen (secondary N) is 12. The van der Waals surface area contributed by atoms with Crippen molar-refractivity contribution in [3.05, 3.63) is 210 Å². The van der Waals surface area contributed by atoms with E-state index in [2.05, 4.69) is 148 Å². The van der Waals surface area contributed by atoms with Crippen molar-refractivity contribution < 1.29 is 17.6 Å². The largest absolute Gasteiger partial charge is 0.362 e. The molecular formula is C67H71F4N29. The van der Waals surface area contributed by atoms with Gasteiger partial charge in [0.2, 0.25) is 0 Å². The second kappa shape index (κ2) is 30.9. The third-order valence-electron chi connectivity index (χ3n) is 16.2. The molecule has 4 atom stereocenters. The Morgan fingerprint density at radius 2 is 0.690 bits per heavy atom. The highest BCUT2D eigenvalue weighted by atomic mass is 19.1. The Labute approximate surface area is 570 Å². The molecule has 4 fully saturated rings. The van der Waals surface area contributed by atoms with E-state index in [9.17, 15) is 17.6 Å². The van der Waals surface area contributed by atoms with Gasteiger partial charge in [-0.2, -0.15) is 20.4 Å². The van der Waals surface area contributed by atoms with E-state index in [0.29, 0.717) is 76.0 Å². The molecule has 0 spiro atoms. The van der Waals surface area contributed by atoms with Gasteiger partial charge in [-0.05, 0) is 103 Å². The molecule has 0 aliphatic heterocycles. The highest BCUT2D eigenvalue weighted by Crippen LogP contribution is 2.42. The van der Waals surface area contributed by atoms with Gasteiger partial charge >= 0.3 is 0 Å². The van der Waals surface area contributed by atoms with E-state index in [0.717, 1.165) is 76.4 Å². The van der Waals surface area contributed by atoms with Crippen molar-refractivity contribution in [1.29, 1.82) is 0 Å². The van der Waals surface area contributed by atoms with Crippen molar-refractivity contribution in [2.24, 2.45) is 0 Å². The lowest BCUT2D eigenvalue weighted by Crippen LogP contribution is -2.12. The van der Waals surface area contributed by atoms with Gasteiger partial charge < -0.3 is 42.5 Å². The van der Waals surface area contributed by atoms with E-state index in [1.165, 1.54) is 94.6 Å². The normalized spacial score (nSPS) is 15.0. The molecule has 512 valence electrons. The van der Waals surface area contributed by atoms with E-state index in [1.807, 2.05) is 69.3 Å². The summed E-state index contributed by atoms with van der Waals surface area (Å²) >= 11 is 0. The first-order chi connectivity index (χ1) is 48.7. The number of aromatic amines is 4. The molecule has 12 heterocycles. The lowest BCUT2D eigenvalue weighted by molar-refractivity contribution is 0.550. The van der Waals surface area contributed by atoms with Gasteiger partial charge in [0.15, 0.2) is 29.1 Å². The maximum atomic E-state index is 13.8. The second-order valence-electron chi connectivity index (χ2n) is 24.5. The van der Waals surface area contributed by atoms with E-state index in [-0.39, 0.29) is 29.6 Å². The highest BCUT2D eigenvalue weighted by molar-refractivity contribution is 5.60. The molecule has 4 aliphatic rings. The zero-order valence-electron chi connectivity index (χ0n) is 54.7. The Balaban J connectivity index is 0.000000120. The van der Waals surface area contributed by atoms with Crippen LogP contribution < -0.4 is 42.5 Å². The monoisotopic (exact) mass is 1360 g/mol. The minimum absolute atomic E-state index is 0.0563. The van der Waals surface area contributed by atoms with Crippen LogP contribution in [0.1, 0.15) is 173 Å². The third kappa shape index (κ3) is 18.9. The summed E-state index contributed by atoms with van der Waals surface area (Å²) in [7, 11) is 0. The number of pyridine rings is 3. The molecule has 12 aromatic heterocycles. The van der Waals surface area contributed by atoms with Gasteiger partial charge in [-0.15, -0.1) is 0 Å². The predicted octanol–water partition coefficient (Wildman–Crippen LogP) is 13.5. The van der Waals surface area contributed by atoms with Gasteiger partial charge in [-0.3, -0.25) is 35.3 Å². The Hall–Kier alpha value is -12.2. The predicted molar refractivity (Wildman–Crippen MR) is 366 cm³/mol. The van der Waals surface area contributed by atoms with Crippen molar-refractivity contribution in [3.8, 4) is 0 Å². The number of aromatic nitrogens is 21. The Kier molecular flexibility index (Phi) is 20.5. The summed E-state index contributed by atoms with van der Waals surface area (Å²) in [6.45, 7) is 7.57. The summed E-state index contributed by atoms with van der Waals surface area (Å²) in [6, 6.07) is 24.1. The maximum Gasteiger partial charge on any atom is 0.159 e. The molecule has 4 aliphatic carbocycles. The van der Waals surface area contributed by atoms with E-state index >= 15 is 0 Å². The van der Waals surface area contributed by atoms with Crippen molar-refractivity contribution in [2.75, 3.05) is 42.5 Å². The first kappa shape index (κ1) is 66.4. The molecule has 100 heavy (non-hydrogen) atoms. The van der Waals surface area contributed by atoms with Gasteiger partial charge in [0.25, 0.3) is 0 Å². The molecule has 12 N–H and O–H groups in total. The number of H-pyrrole nitrogens is 4. The average Bonchev–Trinajstić information content (AvgIpc) is 1.73. The van der Waals surface area contributed by atoms with Crippen molar-refractivity contribution >= 4 is 69.8 Å². The van der Waals surface area contributed by atoms with E-state index in [1.54, 1.807) is 37.4 Å². The van der Waals surface area contributed by atoms with Crippen LogP contribution in [-0.4, -0.2) is 106 Å². The van der Waals surface area contributed by atoms with Crippen LogP contribution in [0.4, 0.5) is 87.4 Å². The molecule has 12 aromatic rings. The number of anilines is 12. The zero-order chi connectivity index (χ0) is 68.9. The number of halogens is 4. The number of hydrogen-bond donors (Lipinski definition) is 12. The highest BCUT2D eigenvalue weighted by Gasteiger charge is 2.29. The fourth-order valence-electron chi connectivity index (χ4n) is 10.3. The molecule has 0 saturated heterocycles. The Bertz CT molecular complexity index is 4470. The van der Waals surface area contributed by atoms with Gasteiger partial charge in [0, 0.05) is 107 Å². The summed E-state index contributed by atoms with van der Waals surface area (Å²) in [5.41, 5.74) is 6.42. The van der Waals surface area contributed by atoms with Crippen LogP contribution in [0.15, 0.2) is 141 Å². The molecule has 16 rings (SSSR count). The molecular weight excluding hydrogens is 1290 g/mol. The zero-order valence-corrected chi connectivity index (χ0v) is 54.7. The quantitative estimate of drug-likeness (QED) is 0.0250. The van der Waals surface area contributed by atoms with Gasteiger partial charge in [-0.1, -0.05) is 6.07 Å². The van der Waals surface area contributed by atoms with Crippen LogP contribution in [0.25, 0.3) is 0 Å². The Morgan fingerprint density at radius 1 is 0.330 bits per heavy atom. The van der Waals surface area contributed by atoms with Gasteiger partial charge in [-0.25, -0.2) is 67.4 Å². The van der Waals surface area contributed by atoms with Crippen molar-refractivity contribution in [3.63, 3.8) is 0 Å². The fourth-order valence-corrected chi connectivity index (χ4v) is 10.3. The third-order valence-corrected chi connectivity index (χ3v) is 16.2. The number of nitrogens with zero attached hydrogens (tertiary/aromatic N) is 17. The average molecular weight is 1360 g/mol. The van der Waals surface area contributed by atoms with Gasteiger partial charge in [0.05, 0.1) is 66.0 Å². The Morgan fingerprint density at radius 3 is 1.05 bits per heavy atom. The minimum Gasteiger partial charge on any atom is -0.362 e. The summed E-state index contributed by atoms with van der Waals surface area (Å²) in [4.78, 5) is 53.8. The topological polar surface area (TPSA) is 379 Å². The van der Waals surface area contributed by atoms with Crippen LogP contribution in [0.5, 0.6) is 0 Å². The fraction of sp³-hybridized carbons (Fsp3) is 0.299. The molecule has 0 bridgehead atoms. The lowest BCUT2D eigenvalue weighted by atomic mass is 10.2.